The normalized spacial score (nSPS) is 12.0. The van der Waals surface area contributed by atoms with Gasteiger partial charge in [0.25, 0.3) is 0 Å². The van der Waals surface area contributed by atoms with Crippen LogP contribution in [0.15, 0.2) is 132 Å². The maximum absolute atomic E-state index is 7.23. The van der Waals surface area contributed by atoms with E-state index < -0.39 is 6.85 Å². The van der Waals surface area contributed by atoms with Crippen LogP contribution in [0.25, 0.3) is 55.9 Å². The number of hydrogen-bond donors (Lipinski definition) is 0. The third-order valence-corrected chi connectivity index (χ3v) is 7.55. The van der Waals surface area contributed by atoms with E-state index in [9.17, 15) is 0 Å². The Morgan fingerprint density at radius 2 is 1.49 bits per heavy atom. The molecule has 0 N–H and O–H groups in total. The van der Waals surface area contributed by atoms with E-state index in [-0.39, 0.29) is 25.7 Å². The van der Waals surface area contributed by atoms with Gasteiger partial charge in [-0.3, -0.25) is 0 Å². The van der Waals surface area contributed by atoms with Crippen LogP contribution >= 0.6 is 0 Å². The summed E-state index contributed by atoms with van der Waals surface area (Å²) in [5, 5.41) is 1.11. The predicted octanol–water partition coefficient (Wildman–Crippen LogP) is 10.9. The summed E-state index contributed by atoms with van der Waals surface area (Å²) in [6.07, 6.45) is 3.27. The molecule has 7 rings (SSSR count). The van der Waals surface area contributed by atoms with Gasteiger partial charge >= 0.3 is 0 Å². The first-order valence-corrected chi connectivity index (χ1v) is 14.7. The summed E-state index contributed by atoms with van der Waals surface area (Å²) in [6.45, 7) is 4.44. The molecule has 1 radical (unpaired) electrons. The smallest absolute Gasteiger partial charge is 0.126 e. The van der Waals surface area contributed by atoms with E-state index in [1.165, 1.54) is 11.8 Å². The maximum atomic E-state index is 7.23. The van der Waals surface area contributed by atoms with Crippen LogP contribution in [0.1, 0.15) is 40.6 Å². The topological polar surface area (TPSA) is 38.9 Å². The van der Waals surface area contributed by atoms with Gasteiger partial charge in [-0.15, -0.1) is 47.5 Å². The number of furan rings is 1. The van der Waals surface area contributed by atoms with Gasteiger partial charge in [0.15, 0.2) is 0 Å². The van der Waals surface area contributed by atoms with Crippen LogP contribution in [0.5, 0.6) is 0 Å². The van der Waals surface area contributed by atoms with Gasteiger partial charge in [-0.05, 0) is 53.8 Å². The Morgan fingerprint density at radius 1 is 0.756 bits per heavy atom. The Bertz CT molecular complexity index is 2090. The summed E-state index contributed by atoms with van der Waals surface area (Å²) < 4.78 is 28.1. The summed E-state index contributed by atoms with van der Waals surface area (Å²) in [7, 11) is 0. The third kappa shape index (κ3) is 7.20. The molecule has 0 aliphatic rings. The molecule has 0 saturated carbocycles. The van der Waals surface area contributed by atoms with Gasteiger partial charge in [-0.25, -0.2) is 0 Å². The molecule has 0 spiro atoms. The van der Waals surface area contributed by atoms with Crippen LogP contribution in [0.3, 0.4) is 0 Å². The second-order valence-electron chi connectivity index (χ2n) is 10.9. The number of pyridine rings is 2. The summed E-state index contributed by atoms with van der Waals surface area (Å²) >= 11 is 0. The van der Waals surface area contributed by atoms with E-state index in [0.29, 0.717) is 5.92 Å². The van der Waals surface area contributed by atoms with Crippen LogP contribution in [0.4, 0.5) is 0 Å². The quantitative estimate of drug-likeness (QED) is 0.164. The molecule has 7 aromatic rings. The molecule has 3 nitrogen and oxygen atoms in total. The molecule has 0 atom stereocenters. The van der Waals surface area contributed by atoms with E-state index in [2.05, 4.69) is 97.5 Å². The van der Waals surface area contributed by atoms with E-state index >= 15 is 0 Å². The first-order chi connectivity index (χ1) is 22.7. The molecule has 45 heavy (non-hydrogen) atoms. The fraction of sp³-hybridized carbons (Fsp3) is 0.122. The zero-order valence-electron chi connectivity index (χ0n) is 28.3. The Labute approximate surface area is 283 Å². The molecule has 0 aliphatic heterocycles. The fourth-order valence-corrected chi connectivity index (χ4v) is 5.21. The van der Waals surface area contributed by atoms with Crippen molar-refractivity contribution in [3.05, 3.63) is 156 Å². The average Bonchev–Trinajstić information content (AvgIpc) is 3.45. The number of nitrogens with zero attached hydrogens (tertiary/aromatic N) is 2. The number of fused-ring (bicyclic) bond motifs is 1. The molecule has 0 unspecified atom stereocenters. The minimum atomic E-state index is -2.09. The Balaban J connectivity index is 0.000000224. The van der Waals surface area contributed by atoms with Crippen molar-refractivity contribution in [2.45, 2.75) is 33.5 Å². The Morgan fingerprint density at radius 3 is 2.13 bits per heavy atom. The van der Waals surface area contributed by atoms with Crippen LogP contribution in [-0.2, 0) is 20.1 Å². The van der Waals surface area contributed by atoms with Gasteiger partial charge in [0.1, 0.15) is 5.76 Å². The van der Waals surface area contributed by atoms with Crippen molar-refractivity contribution in [2.24, 2.45) is 0 Å². The second kappa shape index (κ2) is 14.4. The molecular formula is C41H34IrN2O-2. The van der Waals surface area contributed by atoms with Crippen molar-refractivity contribution in [2.75, 3.05) is 0 Å². The van der Waals surface area contributed by atoms with Crippen LogP contribution in [0.2, 0.25) is 0 Å². The van der Waals surface area contributed by atoms with E-state index in [0.717, 1.165) is 61.5 Å². The molecule has 3 aromatic heterocycles. The molecule has 0 bridgehead atoms. The summed E-state index contributed by atoms with van der Waals surface area (Å²) in [5.41, 5.74) is 10.3. The first kappa shape index (κ1) is 27.9. The van der Waals surface area contributed by atoms with E-state index in [1.807, 2.05) is 48.7 Å². The molecular weight excluding hydrogens is 729 g/mol. The van der Waals surface area contributed by atoms with Gasteiger partial charge in [0.2, 0.25) is 0 Å². The van der Waals surface area contributed by atoms with Gasteiger partial charge in [0, 0.05) is 42.2 Å². The van der Waals surface area contributed by atoms with Crippen molar-refractivity contribution in [1.29, 1.82) is 0 Å². The minimum absolute atomic E-state index is 0. The number of aryl methyl sites for hydroxylation is 2. The van der Waals surface area contributed by atoms with Crippen molar-refractivity contribution < 1.29 is 28.6 Å². The van der Waals surface area contributed by atoms with Gasteiger partial charge in [0.05, 0.1) is 5.58 Å². The molecule has 0 amide bonds. The number of benzene rings is 4. The standard InChI is InChI=1S/C29H24NO.C12H10N.Ir/c1-19(2)23-14-15-30-26(17-23)24-16-25(21-10-6-4-7-11-21)28-20(3)29(31-27(28)18-24)22-12-8-5-9-13-22;1-10-7-8-12(13-9-10)11-5-3-2-4-6-11;/h4-17,19H,1-3H3;2-5,7-9H,1H3;/q2*-1;/i;1D3;. The largest absolute Gasteiger partial charge is 0.476 e. The summed E-state index contributed by atoms with van der Waals surface area (Å²) in [5.74, 6) is 1.33. The molecule has 3 heterocycles. The summed E-state index contributed by atoms with van der Waals surface area (Å²) in [4.78, 5) is 8.77. The second-order valence-corrected chi connectivity index (χ2v) is 10.9. The van der Waals surface area contributed by atoms with Crippen LogP contribution in [0, 0.1) is 25.9 Å². The van der Waals surface area contributed by atoms with E-state index in [1.54, 1.807) is 18.2 Å². The summed E-state index contributed by atoms with van der Waals surface area (Å²) in [6, 6.07) is 44.5. The fourth-order valence-electron chi connectivity index (χ4n) is 5.21. The molecule has 4 heteroatoms. The molecule has 225 valence electrons. The zero-order valence-corrected chi connectivity index (χ0v) is 27.7. The van der Waals surface area contributed by atoms with Crippen molar-refractivity contribution >= 4 is 11.0 Å². The minimum Gasteiger partial charge on any atom is -0.476 e. The maximum Gasteiger partial charge on any atom is 0.126 e. The first-order valence-electron chi connectivity index (χ1n) is 16.2. The molecule has 0 aliphatic carbocycles. The molecule has 0 fully saturated rings. The monoisotopic (exact) mass is 766 g/mol. The van der Waals surface area contributed by atoms with Crippen molar-refractivity contribution in [3.8, 4) is 45.0 Å². The SMILES string of the molecule is Cc1c(-c2ccccc2)oc2[c-]c(-c3cc(C(C)C)ccn3)cc(-c3ccccc3)c12.[2H]C([2H])([2H])c1ccc(-c2[c-]cccc2)nc1.[Ir]. The number of rotatable bonds is 5. The van der Waals surface area contributed by atoms with Gasteiger partial charge in [-0.2, -0.15) is 0 Å². The Kier molecular flexibility index (Phi) is 8.94. The number of aromatic nitrogens is 2. The van der Waals surface area contributed by atoms with Crippen LogP contribution in [-0.4, -0.2) is 9.97 Å². The number of hydrogen-bond acceptors (Lipinski definition) is 3. The Hall–Kier alpha value is -4.63. The van der Waals surface area contributed by atoms with E-state index in [4.69, 9.17) is 8.53 Å². The zero-order chi connectivity index (χ0) is 33.0. The predicted molar refractivity (Wildman–Crippen MR) is 181 cm³/mol. The van der Waals surface area contributed by atoms with Gasteiger partial charge in [-0.1, -0.05) is 115 Å². The van der Waals surface area contributed by atoms with Crippen LogP contribution < -0.4 is 0 Å². The van der Waals surface area contributed by atoms with Crippen molar-refractivity contribution in [1.82, 2.24) is 9.97 Å². The molecule has 0 saturated heterocycles. The van der Waals surface area contributed by atoms with Crippen molar-refractivity contribution in [3.63, 3.8) is 0 Å². The third-order valence-electron chi connectivity index (χ3n) is 7.55. The van der Waals surface area contributed by atoms with Gasteiger partial charge < -0.3 is 14.4 Å². The average molecular weight is 766 g/mol. The molecule has 4 aromatic carbocycles.